The quantitative estimate of drug-likeness (QED) is 0.726. The van der Waals surface area contributed by atoms with Crippen LogP contribution in [0.4, 0.5) is 0 Å². The van der Waals surface area contributed by atoms with Crippen molar-refractivity contribution in [3.63, 3.8) is 0 Å². The highest BCUT2D eigenvalue weighted by molar-refractivity contribution is 6.30. The zero-order valence-corrected chi connectivity index (χ0v) is 16.0. The van der Waals surface area contributed by atoms with Gasteiger partial charge in [0.25, 0.3) is 0 Å². The minimum atomic E-state index is -0.486. The maximum absolute atomic E-state index is 12.6. The summed E-state index contributed by atoms with van der Waals surface area (Å²) < 4.78 is 6.11. The first-order valence-electron chi connectivity index (χ1n) is 9.32. The van der Waals surface area contributed by atoms with E-state index in [-0.39, 0.29) is 12.4 Å². The molecular weight excluding hydrogens is 346 g/mol. The van der Waals surface area contributed by atoms with Crippen molar-refractivity contribution in [2.75, 3.05) is 7.05 Å². The minimum absolute atomic E-state index is 0.173. The van der Waals surface area contributed by atoms with Gasteiger partial charge in [-0.3, -0.25) is 4.79 Å². The number of carbonyl (C=O) groups is 1. The summed E-state index contributed by atoms with van der Waals surface area (Å²) in [6, 6.07) is 15.8. The molecule has 2 aromatic rings. The van der Waals surface area contributed by atoms with Gasteiger partial charge in [0, 0.05) is 11.6 Å². The van der Waals surface area contributed by atoms with Crippen molar-refractivity contribution < 1.29 is 9.53 Å². The lowest BCUT2D eigenvalue weighted by Gasteiger charge is -2.37. The predicted octanol–water partition coefficient (Wildman–Crippen LogP) is 5.00. The first kappa shape index (κ1) is 18.9. The van der Waals surface area contributed by atoms with Crippen molar-refractivity contribution in [2.45, 2.75) is 50.7 Å². The molecule has 3 rings (SSSR count). The van der Waals surface area contributed by atoms with E-state index in [0.29, 0.717) is 5.02 Å². The van der Waals surface area contributed by atoms with Gasteiger partial charge in [-0.1, -0.05) is 54.4 Å². The third kappa shape index (κ3) is 4.66. The standard InChI is InChI=1S/C22H26ClNO2/c1-24-16-18-5-9-19(10-6-18)22(13-3-2-4-14-22)26-21(25)15-17-7-11-20(23)12-8-17/h5-12,24H,2-4,13-16H2,1H3. The van der Waals surface area contributed by atoms with Gasteiger partial charge in [-0.25, -0.2) is 0 Å². The largest absolute Gasteiger partial charge is 0.454 e. The normalized spacial score (nSPS) is 16.2. The van der Waals surface area contributed by atoms with Crippen molar-refractivity contribution in [3.05, 3.63) is 70.2 Å². The Hall–Kier alpha value is -1.84. The smallest absolute Gasteiger partial charge is 0.311 e. The van der Waals surface area contributed by atoms with Crippen molar-refractivity contribution in [2.24, 2.45) is 0 Å². The molecule has 1 aliphatic rings. The first-order chi connectivity index (χ1) is 12.6. The van der Waals surface area contributed by atoms with Crippen LogP contribution in [0.25, 0.3) is 0 Å². The van der Waals surface area contributed by atoms with Gasteiger partial charge in [-0.05, 0) is 61.6 Å². The van der Waals surface area contributed by atoms with Crippen LogP contribution in [0.5, 0.6) is 0 Å². The summed E-state index contributed by atoms with van der Waals surface area (Å²) in [5, 5.41) is 3.83. The van der Waals surface area contributed by atoms with E-state index in [1.165, 1.54) is 12.0 Å². The van der Waals surface area contributed by atoms with Crippen molar-refractivity contribution in [1.82, 2.24) is 5.32 Å². The molecule has 1 fully saturated rings. The zero-order chi connectivity index (χ0) is 18.4. The molecule has 26 heavy (non-hydrogen) atoms. The van der Waals surface area contributed by atoms with Crippen LogP contribution in [-0.4, -0.2) is 13.0 Å². The van der Waals surface area contributed by atoms with Crippen LogP contribution >= 0.6 is 11.6 Å². The fourth-order valence-corrected chi connectivity index (χ4v) is 3.85. The van der Waals surface area contributed by atoms with Gasteiger partial charge in [0.15, 0.2) is 0 Å². The number of hydrogen-bond acceptors (Lipinski definition) is 3. The van der Waals surface area contributed by atoms with E-state index in [1.807, 2.05) is 19.2 Å². The van der Waals surface area contributed by atoms with Crippen molar-refractivity contribution in [3.8, 4) is 0 Å². The molecule has 0 spiro atoms. The Kier molecular flexibility index (Phi) is 6.33. The minimum Gasteiger partial charge on any atom is -0.454 e. The van der Waals surface area contributed by atoms with E-state index in [2.05, 4.69) is 29.6 Å². The second-order valence-corrected chi connectivity index (χ2v) is 7.50. The number of benzene rings is 2. The van der Waals surface area contributed by atoms with Crippen LogP contribution in [0.2, 0.25) is 5.02 Å². The lowest BCUT2D eigenvalue weighted by atomic mass is 9.79. The molecule has 0 heterocycles. The molecule has 3 nitrogen and oxygen atoms in total. The van der Waals surface area contributed by atoms with Crippen molar-refractivity contribution >= 4 is 17.6 Å². The number of esters is 1. The fourth-order valence-electron chi connectivity index (χ4n) is 3.73. The molecule has 0 aliphatic heterocycles. The molecule has 0 bridgehead atoms. The van der Waals surface area contributed by atoms with E-state index in [4.69, 9.17) is 16.3 Å². The molecule has 0 atom stereocenters. The average Bonchev–Trinajstić information content (AvgIpc) is 2.65. The van der Waals surface area contributed by atoms with Gasteiger partial charge in [-0.2, -0.15) is 0 Å². The number of carbonyl (C=O) groups excluding carboxylic acids is 1. The summed E-state index contributed by atoms with van der Waals surface area (Å²) in [6.45, 7) is 0.837. The van der Waals surface area contributed by atoms with Crippen LogP contribution in [0.15, 0.2) is 48.5 Å². The van der Waals surface area contributed by atoms with Crippen LogP contribution in [0.1, 0.15) is 48.8 Å². The van der Waals surface area contributed by atoms with E-state index in [1.54, 1.807) is 12.1 Å². The summed E-state index contributed by atoms with van der Waals surface area (Å²) in [4.78, 5) is 12.6. The fraction of sp³-hybridized carbons (Fsp3) is 0.409. The Labute approximate surface area is 160 Å². The van der Waals surface area contributed by atoms with E-state index < -0.39 is 5.60 Å². The highest BCUT2D eigenvalue weighted by atomic mass is 35.5. The molecule has 4 heteroatoms. The first-order valence-corrected chi connectivity index (χ1v) is 9.69. The van der Waals surface area contributed by atoms with Gasteiger partial charge >= 0.3 is 5.97 Å². The van der Waals surface area contributed by atoms with E-state index in [9.17, 15) is 4.79 Å². The number of nitrogens with one attached hydrogen (secondary N) is 1. The topological polar surface area (TPSA) is 38.3 Å². The van der Waals surface area contributed by atoms with Crippen LogP contribution < -0.4 is 5.32 Å². The summed E-state index contributed by atoms with van der Waals surface area (Å²) in [5.74, 6) is -0.173. The Bertz CT molecular complexity index is 719. The van der Waals surface area contributed by atoms with Gasteiger partial charge in [0.05, 0.1) is 6.42 Å². The Morgan fingerprint density at radius 3 is 2.23 bits per heavy atom. The van der Waals surface area contributed by atoms with E-state index >= 15 is 0 Å². The van der Waals surface area contributed by atoms with Gasteiger partial charge in [-0.15, -0.1) is 0 Å². The summed E-state index contributed by atoms with van der Waals surface area (Å²) in [5.41, 5.74) is 2.78. The van der Waals surface area contributed by atoms with Gasteiger partial charge in [0.2, 0.25) is 0 Å². The average molecular weight is 372 g/mol. The molecule has 0 amide bonds. The molecule has 1 aliphatic carbocycles. The summed E-state index contributed by atoms with van der Waals surface area (Å²) in [7, 11) is 1.94. The Morgan fingerprint density at radius 1 is 1.00 bits per heavy atom. The van der Waals surface area contributed by atoms with Gasteiger partial charge in [0.1, 0.15) is 5.60 Å². The molecule has 2 aromatic carbocycles. The third-order valence-corrected chi connectivity index (χ3v) is 5.35. The number of rotatable bonds is 6. The SMILES string of the molecule is CNCc1ccc(C2(OC(=O)Cc3ccc(Cl)cc3)CCCCC2)cc1. The molecular formula is C22H26ClNO2. The Morgan fingerprint density at radius 2 is 1.62 bits per heavy atom. The van der Waals surface area contributed by atoms with Crippen molar-refractivity contribution in [1.29, 1.82) is 0 Å². The summed E-state index contributed by atoms with van der Waals surface area (Å²) in [6.07, 6.45) is 5.44. The maximum Gasteiger partial charge on any atom is 0.311 e. The number of halogens is 1. The monoisotopic (exact) mass is 371 g/mol. The summed E-state index contributed by atoms with van der Waals surface area (Å²) >= 11 is 5.92. The van der Waals surface area contributed by atoms with Crippen LogP contribution in [-0.2, 0) is 28.1 Å². The molecule has 0 radical (unpaired) electrons. The highest BCUT2D eigenvalue weighted by Crippen LogP contribution is 2.41. The third-order valence-electron chi connectivity index (χ3n) is 5.09. The van der Waals surface area contributed by atoms with Gasteiger partial charge < -0.3 is 10.1 Å². The predicted molar refractivity (Wildman–Crippen MR) is 105 cm³/mol. The second-order valence-electron chi connectivity index (χ2n) is 7.06. The molecule has 0 aromatic heterocycles. The molecule has 0 saturated heterocycles. The van der Waals surface area contributed by atoms with Crippen LogP contribution in [0.3, 0.4) is 0 Å². The number of hydrogen-bond donors (Lipinski definition) is 1. The molecule has 1 N–H and O–H groups in total. The molecule has 0 unspecified atom stereocenters. The lowest BCUT2D eigenvalue weighted by molar-refractivity contribution is -0.164. The highest BCUT2D eigenvalue weighted by Gasteiger charge is 2.37. The lowest BCUT2D eigenvalue weighted by Crippen LogP contribution is -2.35. The molecule has 138 valence electrons. The Balaban J connectivity index is 1.76. The molecule has 1 saturated carbocycles. The zero-order valence-electron chi connectivity index (χ0n) is 15.3. The van der Waals surface area contributed by atoms with Crippen LogP contribution in [0, 0.1) is 0 Å². The second kappa shape index (κ2) is 8.70. The van der Waals surface area contributed by atoms with E-state index in [0.717, 1.165) is 43.4 Å². The number of ether oxygens (including phenoxy) is 1. The maximum atomic E-state index is 12.6.